The molecule has 5 aromatic rings. The number of pyridine rings is 1. The third-order valence-corrected chi connectivity index (χ3v) is 7.88. The number of ether oxygens (including phenoxy) is 1. The summed E-state index contributed by atoms with van der Waals surface area (Å²) in [6, 6.07) is 14.9. The second-order valence-electron chi connectivity index (χ2n) is 10.9. The average Bonchev–Trinajstić information content (AvgIpc) is 3.41. The van der Waals surface area contributed by atoms with Crippen LogP contribution in [0.5, 0.6) is 0 Å². The highest BCUT2D eigenvalue weighted by Crippen LogP contribution is 2.43. The van der Waals surface area contributed by atoms with Gasteiger partial charge >= 0.3 is 0 Å². The minimum atomic E-state index is -1.03. The number of hydrogen-bond donors (Lipinski definition) is 1. The number of aromatic nitrogens is 3. The van der Waals surface area contributed by atoms with Gasteiger partial charge in [0.1, 0.15) is 11.6 Å². The second kappa shape index (κ2) is 9.33. The summed E-state index contributed by atoms with van der Waals surface area (Å²) in [5.41, 5.74) is 5.69. The fourth-order valence-electron chi connectivity index (χ4n) is 5.97. The molecule has 3 aromatic heterocycles. The number of nitrogens with zero attached hydrogens (tertiary/aromatic N) is 3. The van der Waals surface area contributed by atoms with Crippen LogP contribution in [0.15, 0.2) is 59.3 Å². The van der Waals surface area contributed by atoms with Crippen LogP contribution in [0.1, 0.15) is 55.3 Å². The summed E-state index contributed by atoms with van der Waals surface area (Å²) in [6.07, 6.45) is 3.50. The quantitative estimate of drug-likeness (QED) is 0.278. The van der Waals surface area contributed by atoms with Crippen LogP contribution in [0.3, 0.4) is 0 Å². The molecular formula is C31H32FN3O3. The first-order chi connectivity index (χ1) is 18.2. The van der Waals surface area contributed by atoms with Gasteiger partial charge in [-0.2, -0.15) is 0 Å². The lowest BCUT2D eigenvalue weighted by molar-refractivity contribution is 0.0548. The Kier molecular flexibility index (Phi) is 6.08. The molecule has 1 fully saturated rings. The van der Waals surface area contributed by atoms with Gasteiger partial charge in [-0.25, -0.2) is 4.39 Å². The van der Waals surface area contributed by atoms with Gasteiger partial charge in [0.05, 0.1) is 33.9 Å². The molecule has 1 aliphatic rings. The zero-order chi connectivity index (χ0) is 26.6. The third-order valence-electron chi connectivity index (χ3n) is 7.88. The highest BCUT2D eigenvalue weighted by molar-refractivity contribution is 6.07. The molecule has 0 amide bonds. The molecule has 6 nitrogen and oxygen atoms in total. The number of halogens is 1. The third kappa shape index (κ3) is 4.10. The van der Waals surface area contributed by atoms with E-state index in [0.717, 1.165) is 62.9 Å². The van der Waals surface area contributed by atoms with Gasteiger partial charge in [0.15, 0.2) is 0 Å². The number of hydrogen-bond acceptors (Lipinski definition) is 5. The molecule has 0 spiro atoms. The second-order valence-corrected chi connectivity index (χ2v) is 10.9. The number of rotatable bonds is 5. The Morgan fingerprint density at radius 1 is 1.05 bits per heavy atom. The number of aryl methyl sites for hydroxylation is 2. The first-order valence-electron chi connectivity index (χ1n) is 13.2. The molecule has 1 saturated heterocycles. The number of aliphatic hydroxyl groups is 1. The predicted octanol–water partition coefficient (Wildman–Crippen LogP) is 6.84. The summed E-state index contributed by atoms with van der Waals surface area (Å²) in [5.74, 6) is 0.658. The van der Waals surface area contributed by atoms with Crippen LogP contribution in [0.4, 0.5) is 4.39 Å². The van der Waals surface area contributed by atoms with Gasteiger partial charge in [0.25, 0.3) is 0 Å². The Morgan fingerprint density at radius 2 is 1.82 bits per heavy atom. The predicted molar refractivity (Wildman–Crippen MR) is 146 cm³/mol. The molecule has 6 rings (SSSR count). The van der Waals surface area contributed by atoms with Gasteiger partial charge in [-0.3, -0.25) is 4.98 Å². The molecule has 4 heterocycles. The van der Waals surface area contributed by atoms with Crippen LogP contribution in [-0.4, -0.2) is 33.0 Å². The van der Waals surface area contributed by atoms with Crippen molar-refractivity contribution in [1.82, 2.24) is 14.7 Å². The van der Waals surface area contributed by atoms with E-state index in [2.05, 4.69) is 15.8 Å². The number of fused-ring (bicyclic) bond motifs is 3. The highest BCUT2D eigenvalue weighted by Gasteiger charge is 2.32. The van der Waals surface area contributed by atoms with E-state index in [9.17, 15) is 5.11 Å². The summed E-state index contributed by atoms with van der Waals surface area (Å²) in [4.78, 5) is 4.93. The van der Waals surface area contributed by atoms with Crippen molar-refractivity contribution >= 4 is 21.9 Å². The lowest BCUT2D eigenvalue weighted by atomic mass is 9.86. The van der Waals surface area contributed by atoms with Gasteiger partial charge in [-0.15, -0.1) is 0 Å². The normalized spacial score (nSPS) is 15.9. The van der Waals surface area contributed by atoms with Gasteiger partial charge < -0.3 is 18.9 Å². The van der Waals surface area contributed by atoms with Crippen LogP contribution < -0.4 is 0 Å². The van der Waals surface area contributed by atoms with Gasteiger partial charge in [-0.1, -0.05) is 35.5 Å². The van der Waals surface area contributed by atoms with Gasteiger partial charge in [0, 0.05) is 41.5 Å². The van der Waals surface area contributed by atoms with E-state index < -0.39 is 5.60 Å². The molecular weight excluding hydrogens is 481 g/mol. The maximum atomic E-state index is 15.5. The van der Waals surface area contributed by atoms with Crippen LogP contribution in [0, 0.1) is 25.6 Å². The van der Waals surface area contributed by atoms with E-state index in [1.54, 1.807) is 19.9 Å². The van der Waals surface area contributed by atoms with Crippen molar-refractivity contribution in [3.63, 3.8) is 0 Å². The molecule has 7 heteroatoms. The molecule has 1 atom stereocenters. The Hall–Kier alpha value is -3.55. The molecule has 38 heavy (non-hydrogen) atoms. The fourth-order valence-corrected chi connectivity index (χ4v) is 5.97. The molecule has 0 aliphatic carbocycles. The maximum Gasteiger partial charge on any atom is 0.141 e. The molecule has 0 bridgehead atoms. The molecule has 0 saturated carbocycles. The van der Waals surface area contributed by atoms with Crippen molar-refractivity contribution < 1.29 is 18.8 Å². The minimum Gasteiger partial charge on any atom is -0.386 e. The minimum absolute atomic E-state index is 0.160. The summed E-state index contributed by atoms with van der Waals surface area (Å²) in [6.45, 7) is 8.66. The maximum absolute atomic E-state index is 15.5. The zero-order valence-corrected chi connectivity index (χ0v) is 22.2. The summed E-state index contributed by atoms with van der Waals surface area (Å²) in [5, 5.41) is 16.0. The summed E-state index contributed by atoms with van der Waals surface area (Å²) in [7, 11) is 0. The van der Waals surface area contributed by atoms with E-state index >= 15 is 4.39 Å². The van der Waals surface area contributed by atoms with Crippen molar-refractivity contribution in [3.8, 4) is 11.1 Å². The van der Waals surface area contributed by atoms with E-state index in [1.165, 1.54) is 6.07 Å². The lowest BCUT2D eigenvalue weighted by Crippen LogP contribution is -2.27. The first-order valence-corrected chi connectivity index (χ1v) is 13.2. The van der Waals surface area contributed by atoms with Crippen molar-refractivity contribution in [3.05, 3.63) is 83.1 Å². The van der Waals surface area contributed by atoms with E-state index in [4.69, 9.17) is 14.2 Å². The topological polar surface area (TPSA) is 73.3 Å². The van der Waals surface area contributed by atoms with Crippen LogP contribution >= 0.6 is 0 Å². The van der Waals surface area contributed by atoms with Crippen molar-refractivity contribution in [2.45, 2.75) is 52.2 Å². The highest BCUT2D eigenvalue weighted by atomic mass is 19.1. The van der Waals surface area contributed by atoms with Crippen molar-refractivity contribution in [2.75, 3.05) is 13.2 Å². The molecule has 196 valence electrons. The Labute approximate surface area is 221 Å². The fraction of sp³-hybridized carbons (Fsp3) is 0.355. The van der Waals surface area contributed by atoms with E-state index in [1.807, 2.05) is 50.4 Å². The van der Waals surface area contributed by atoms with Gasteiger partial charge in [0.2, 0.25) is 0 Å². The molecule has 0 radical (unpaired) electrons. The zero-order valence-electron chi connectivity index (χ0n) is 22.2. The molecule has 1 aliphatic heterocycles. The van der Waals surface area contributed by atoms with Crippen LogP contribution in [-0.2, 0) is 10.3 Å². The monoisotopic (exact) mass is 513 g/mol. The Bertz CT molecular complexity index is 1620. The molecule has 1 N–H and O–H groups in total. The van der Waals surface area contributed by atoms with E-state index in [0.29, 0.717) is 18.8 Å². The lowest BCUT2D eigenvalue weighted by Gasteiger charge is -2.33. The standard InChI is InChI=1S/C31H32FN3O3/c1-18-28(19(2)38-34-18)21-15-27-29(33-17-21)24-10-9-22(31(3,4)36)16-26(24)35(27)30(20-11-13-37-14-12-20)23-7-5-6-8-25(23)32/h5-10,15-17,20,30,36H,11-14H2,1-4H3. The van der Waals surface area contributed by atoms with Crippen LogP contribution in [0.25, 0.3) is 33.1 Å². The Balaban J connectivity index is 1.71. The van der Waals surface area contributed by atoms with Crippen LogP contribution in [0.2, 0.25) is 0 Å². The summed E-state index contributed by atoms with van der Waals surface area (Å²) >= 11 is 0. The number of benzene rings is 2. The Morgan fingerprint density at radius 3 is 2.50 bits per heavy atom. The summed E-state index contributed by atoms with van der Waals surface area (Å²) < 4.78 is 28.9. The molecule has 1 unspecified atom stereocenters. The van der Waals surface area contributed by atoms with E-state index in [-0.39, 0.29) is 17.8 Å². The van der Waals surface area contributed by atoms with Crippen molar-refractivity contribution in [1.29, 1.82) is 0 Å². The SMILES string of the molecule is Cc1noc(C)c1-c1cnc2c3ccc(C(C)(C)O)cc3n(C(c3ccccc3F)C3CCOCC3)c2c1. The average molecular weight is 514 g/mol. The van der Waals surface area contributed by atoms with Gasteiger partial charge in [-0.05, 0) is 70.2 Å². The molecule has 2 aromatic carbocycles. The smallest absolute Gasteiger partial charge is 0.141 e. The first kappa shape index (κ1) is 24.8. The largest absolute Gasteiger partial charge is 0.386 e. The van der Waals surface area contributed by atoms with Crippen molar-refractivity contribution in [2.24, 2.45) is 5.92 Å².